The Morgan fingerprint density at radius 1 is 1.33 bits per heavy atom. The molecule has 0 aliphatic rings. The van der Waals surface area contributed by atoms with Gasteiger partial charge in [-0.15, -0.1) is 22.7 Å². The third kappa shape index (κ3) is 4.28. The maximum absolute atomic E-state index is 12.7. The smallest absolute Gasteiger partial charge is 0.305 e. The third-order valence-corrected chi connectivity index (χ3v) is 6.14. The summed E-state index contributed by atoms with van der Waals surface area (Å²) in [4.78, 5) is 4.07. The van der Waals surface area contributed by atoms with Gasteiger partial charge in [-0.3, -0.25) is 0 Å². The zero-order valence-electron chi connectivity index (χ0n) is 10.8. The number of rotatable bonds is 5. The molecule has 2 aromatic heterocycles. The Morgan fingerprint density at radius 2 is 2.05 bits per heavy atom. The van der Waals surface area contributed by atoms with Crippen LogP contribution in [-0.4, -0.2) is 11.5 Å². The molecule has 1 atom stereocenters. The minimum Gasteiger partial charge on any atom is -0.305 e. The van der Waals surface area contributed by atoms with Gasteiger partial charge in [-0.2, -0.15) is 13.2 Å². The quantitative estimate of drug-likeness (QED) is 0.602. The van der Waals surface area contributed by atoms with E-state index in [0.29, 0.717) is 22.8 Å². The lowest BCUT2D eigenvalue weighted by Crippen LogP contribution is -2.22. The molecule has 21 heavy (non-hydrogen) atoms. The van der Waals surface area contributed by atoms with Crippen LogP contribution < -0.4 is 5.32 Å². The minimum atomic E-state index is -4.40. The van der Waals surface area contributed by atoms with Gasteiger partial charge in [0, 0.05) is 16.6 Å². The van der Waals surface area contributed by atoms with Gasteiger partial charge in [-0.1, -0.05) is 6.92 Å². The molecule has 1 N–H and O–H groups in total. The minimum absolute atomic E-state index is 0.296. The van der Waals surface area contributed by atoms with E-state index in [4.69, 9.17) is 0 Å². The summed E-state index contributed by atoms with van der Waals surface area (Å²) < 4.78 is 40.0. The molecule has 9 heteroatoms. The molecule has 0 saturated carbocycles. The van der Waals surface area contributed by atoms with Crippen LogP contribution in [0, 0.1) is 0 Å². The molecular weight excluding hydrogens is 453 g/mol. The summed E-state index contributed by atoms with van der Waals surface area (Å²) >= 11 is 9.04. The normalized spacial score (nSPS) is 13.6. The van der Waals surface area contributed by atoms with Gasteiger partial charge in [-0.05, 0) is 50.9 Å². The van der Waals surface area contributed by atoms with Crippen LogP contribution in [-0.2, 0) is 6.18 Å². The Morgan fingerprint density at radius 3 is 2.52 bits per heavy atom. The fourth-order valence-electron chi connectivity index (χ4n) is 1.75. The van der Waals surface area contributed by atoms with Gasteiger partial charge in [-0.25, -0.2) is 4.98 Å². The van der Waals surface area contributed by atoms with Gasteiger partial charge < -0.3 is 5.32 Å². The van der Waals surface area contributed by atoms with Gasteiger partial charge in [0.2, 0.25) is 0 Å². The van der Waals surface area contributed by atoms with E-state index in [9.17, 15) is 13.2 Å². The van der Waals surface area contributed by atoms with Crippen molar-refractivity contribution < 1.29 is 13.2 Å². The van der Waals surface area contributed by atoms with E-state index in [2.05, 4.69) is 42.2 Å². The van der Waals surface area contributed by atoms with Crippen LogP contribution in [0.15, 0.2) is 19.8 Å². The van der Waals surface area contributed by atoms with Gasteiger partial charge in [0.1, 0.15) is 0 Å². The average molecular weight is 464 g/mol. The summed E-state index contributed by atoms with van der Waals surface area (Å²) in [5.74, 6) is 0. The lowest BCUT2D eigenvalue weighted by atomic mass is 10.1. The van der Waals surface area contributed by atoms with Crippen LogP contribution in [0.1, 0.15) is 34.8 Å². The zero-order valence-corrected chi connectivity index (χ0v) is 15.6. The van der Waals surface area contributed by atoms with E-state index in [0.717, 1.165) is 19.6 Å². The first kappa shape index (κ1) is 17.4. The molecule has 2 aromatic rings. The number of thiazole rings is 1. The number of aromatic nitrogens is 1. The molecule has 2 nitrogen and oxygen atoms in total. The Labute approximate surface area is 145 Å². The third-order valence-electron chi connectivity index (χ3n) is 2.64. The highest BCUT2D eigenvalue weighted by Gasteiger charge is 2.35. The summed E-state index contributed by atoms with van der Waals surface area (Å²) in [6, 6.07) is 1.62. The second-order valence-corrected chi connectivity index (χ2v) is 9.04. The molecule has 0 spiro atoms. The van der Waals surface area contributed by atoms with Crippen molar-refractivity contribution in [3.63, 3.8) is 0 Å². The predicted molar refractivity (Wildman–Crippen MR) is 87.0 cm³/mol. The van der Waals surface area contributed by atoms with Gasteiger partial charge >= 0.3 is 6.18 Å². The van der Waals surface area contributed by atoms with Crippen LogP contribution in [0.2, 0.25) is 0 Å². The number of nitrogens with zero attached hydrogens (tertiary/aromatic N) is 1. The fraction of sp³-hybridized carbons (Fsp3) is 0.417. The molecule has 0 bridgehead atoms. The summed E-state index contributed by atoms with van der Waals surface area (Å²) in [6.45, 7) is 2.72. The van der Waals surface area contributed by atoms with Crippen molar-refractivity contribution in [2.24, 2.45) is 0 Å². The summed E-state index contributed by atoms with van der Waals surface area (Å²) in [5.41, 5.74) is 0.915. The van der Waals surface area contributed by atoms with Gasteiger partial charge in [0.15, 0.2) is 5.01 Å². The molecule has 0 radical (unpaired) electrons. The molecule has 0 aromatic carbocycles. The van der Waals surface area contributed by atoms with Crippen molar-refractivity contribution in [3.05, 3.63) is 35.3 Å². The Bertz CT molecular complexity index is 610. The number of hydrogen-bond acceptors (Lipinski definition) is 4. The highest BCUT2D eigenvalue weighted by atomic mass is 79.9. The van der Waals surface area contributed by atoms with E-state index in [1.807, 2.05) is 13.0 Å². The maximum Gasteiger partial charge on any atom is 0.443 e. The van der Waals surface area contributed by atoms with Crippen LogP contribution in [0.25, 0.3) is 0 Å². The van der Waals surface area contributed by atoms with Crippen LogP contribution in [0.3, 0.4) is 0 Å². The molecule has 2 rings (SSSR count). The van der Waals surface area contributed by atoms with Crippen molar-refractivity contribution in [1.29, 1.82) is 0 Å². The van der Waals surface area contributed by atoms with Gasteiger partial charge in [0.05, 0.1) is 13.6 Å². The van der Waals surface area contributed by atoms with Crippen LogP contribution in [0.5, 0.6) is 0 Å². The lowest BCUT2D eigenvalue weighted by Gasteiger charge is -2.16. The second-order valence-electron chi connectivity index (χ2n) is 4.23. The molecule has 116 valence electrons. The number of thiophene rings is 1. The summed E-state index contributed by atoms with van der Waals surface area (Å²) in [5, 5.41) is 2.47. The Kier molecular flexibility index (Phi) is 5.86. The standard InChI is InChI=1S/C12H11Br2F3N2S2/c1-2-3-18-9(6-4-8(13)21-10(6)14)7-5-19-11(20-7)12(15,16)17/h4-5,9,18H,2-3H2,1H3. The van der Waals surface area contributed by atoms with Crippen LogP contribution >= 0.6 is 54.5 Å². The molecular formula is C12H11Br2F3N2S2. The monoisotopic (exact) mass is 462 g/mol. The largest absolute Gasteiger partial charge is 0.443 e. The van der Waals surface area contributed by atoms with Crippen molar-refractivity contribution in [3.8, 4) is 0 Å². The molecule has 0 aliphatic heterocycles. The Balaban J connectivity index is 2.36. The number of hydrogen-bond donors (Lipinski definition) is 1. The number of halogens is 5. The number of alkyl halides is 3. The molecule has 0 aliphatic carbocycles. The van der Waals surface area contributed by atoms with Crippen molar-refractivity contribution in [1.82, 2.24) is 10.3 Å². The molecule has 0 amide bonds. The topological polar surface area (TPSA) is 24.9 Å². The summed E-state index contributed by atoms with van der Waals surface area (Å²) in [7, 11) is 0. The predicted octanol–water partition coefficient (Wildman–Crippen LogP) is 5.84. The molecule has 2 heterocycles. The highest BCUT2D eigenvalue weighted by Crippen LogP contribution is 2.41. The summed E-state index contributed by atoms with van der Waals surface area (Å²) in [6.07, 6.45) is -2.20. The average Bonchev–Trinajstić information content (AvgIpc) is 2.97. The first-order valence-corrected chi connectivity index (χ1v) is 9.25. The number of nitrogens with one attached hydrogen (secondary N) is 1. The maximum atomic E-state index is 12.7. The molecule has 0 saturated heterocycles. The molecule has 0 fully saturated rings. The zero-order chi connectivity index (χ0) is 15.6. The van der Waals surface area contributed by atoms with Crippen molar-refractivity contribution in [2.75, 3.05) is 6.54 Å². The highest BCUT2D eigenvalue weighted by molar-refractivity contribution is 9.12. The SMILES string of the molecule is CCCNC(c1cnc(C(F)(F)F)s1)c1cc(Br)sc1Br. The second kappa shape index (κ2) is 7.08. The fourth-order valence-corrected chi connectivity index (χ4v) is 5.53. The van der Waals surface area contributed by atoms with E-state index in [1.54, 1.807) is 0 Å². The van der Waals surface area contributed by atoms with E-state index < -0.39 is 11.2 Å². The van der Waals surface area contributed by atoms with Crippen molar-refractivity contribution >= 4 is 54.5 Å². The van der Waals surface area contributed by atoms with E-state index in [-0.39, 0.29) is 6.04 Å². The van der Waals surface area contributed by atoms with Crippen molar-refractivity contribution in [2.45, 2.75) is 25.6 Å². The first-order valence-electron chi connectivity index (χ1n) is 6.04. The van der Waals surface area contributed by atoms with Crippen LogP contribution in [0.4, 0.5) is 13.2 Å². The Hall–Kier alpha value is 0.0400. The van der Waals surface area contributed by atoms with Gasteiger partial charge in [0.25, 0.3) is 0 Å². The molecule has 1 unspecified atom stereocenters. The lowest BCUT2D eigenvalue weighted by molar-refractivity contribution is -0.137. The van der Waals surface area contributed by atoms with E-state index in [1.165, 1.54) is 17.5 Å². The first-order chi connectivity index (χ1) is 9.82. The van der Waals surface area contributed by atoms with E-state index >= 15 is 0 Å².